The minimum absolute atomic E-state index is 0.339. The molecule has 1 aliphatic carbocycles. The molecule has 1 aliphatic rings. The molecule has 0 aliphatic heterocycles. The molecule has 0 saturated heterocycles. The number of rotatable bonds is 3. The number of hydrogen-bond acceptors (Lipinski definition) is 1. The highest BCUT2D eigenvalue weighted by Gasteiger charge is 2.30. The van der Waals surface area contributed by atoms with E-state index in [0.29, 0.717) is 6.61 Å². The molecule has 1 nitrogen and oxygen atoms in total. The molecule has 0 bridgehead atoms. The lowest BCUT2D eigenvalue weighted by Gasteiger charge is -2.36. The fraction of sp³-hybridized carbons (Fsp3) is 0.917. The van der Waals surface area contributed by atoms with Gasteiger partial charge < -0.3 is 5.11 Å². The predicted octanol–water partition coefficient (Wildman–Crippen LogP) is 3.04. The van der Waals surface area contributed by atoms with Gasteiger partial charge in [0, 0.05) is 6.61 Å². The van der Waals surface area contributed by atoms with Crippen molar-refractivity contribution in [3.05, 3.63) is 5.92 Å². The van der Waals surface area contributed by atoms with Crippen LogP contribution in [0.25, 0.3) is 0 Å². The summed E-state index contributed by atoms with van der Waals surface area (Å²) in [6, 6.07) is 0. The van der Waals surface area contributed by atoms with E-state index in [4.69, 9.17) is 5.11 Å². The molecule has 2 atom stereocenters. The van der Waals surface area contributed by atoms with Crippen LogP contribution in [0.1, 0.15) is 46.5 Å². The highest BCUT2D eigenvalue weighted by atomic mass is 16.3. The van der Waals surface area contributed by atoms with Crippen molar-refractivity contribution < 1.29 is 5.11 Å². The molecule has 0 aromatic rings. The first-order valence-corrected chi connectivity index (χ1v) is 5.60. The summed E-state index contributed by atoms with van der Waals surface area (Å²) >= 11 is 0. The first-order chi connectivity index (χ1) is 6.15. The summed E-state index contributed by atoms with van der Waals surface area (Å²) in [6.07, 6.45) is 4.91. The average molecular weight is 183 g/mol. The summed E-state index contributed by atoms with van der Waals surface area (Å²) < 4.78 is 0. The molecule has 77 valence electrons. The molecule has 0 spiro atoms. The maximum absolute atomic E-state index is 8.98. The van der Waals surface area contributed by atoms with Gasteiger partial charge in [0.1, 0.15) is 0 Å². The Labute approximate surface area is 82.5 Å². The second-order valence-electron chi connectivity index (χ2n) is 4.87. The van der Waals surface area contributed by atoms with Gasteiger partial charge in [-0.25, -0.2) is 0 Å². The van der Waals surface area contributed by atoms with E-state index in [1.807, 2.05) is 0 Å². The van der Waals surface area contributed by atoms with Crippen molar-refractivity contribution in [3.8, 4) is 0 Å². The van der Waals surface area contributed by atoms with E-state index >= 15 is 0 Å². The lowest BCUT2D eigenvalue weighted by molar-refractivity contribution is 0.219. The summed E-state index contributed by atoms with van der Waals surface area (Å²) in [7, 11) is 0. The fourth-order valence-corrected chi connectivity index (χ4v) is 2.61. The molecule has 1 saturated carbocycles. The molecule has 1 N–H and O–H groups in total. The summed E-state index contributed by atoms with van der Waals surface area (Å²) in [4.78, 5) is 0. The lowest BCUT2D eigenvalue weighted by atomic mass is 9.69. The molecule has 0 amide bonds. The van der Waals surface area contributed by atoms with Crippen molar-refractivity contribution in [2.75, 3.05) is 6.61 Å². The smallest absolute Gasteiger partial charge is 0.0436 e. The maximum Gasteiger partial charge on any atom is 0.0436 e. The Morgan fingerprint density at radius 2 is 2.08 bits per heavy atom. The van der Waals surface area contributed by atoms with Crippen LogP contribution in [0.2, 0.25) is 0 Å². The monoisotopic (exact) mass is 183 g/mol. The van der Waals surface area contributed by atoms with E-state index in [0.717, 1.165) is 24.2 Å². The molecule has 0 aromatic heterocycles. The van der Waals surface area contributed by atoms with Gasteiger partial charge in [-0.05, 0) is 42.9 Å². The quantitative estimate of drug-likeness (QED) is 0.713. The van der Waals surface area contributed by atoms with Crippen molar-refractivity contribution in [3.63, 3.8) is 0 Å². The molecular weight excluding hydrogens is 160 g/mol. The lowest BCUT2D eigenvalue weighted by Crippen LogP contribution is -2.26. The predicted molar refractivity (Wildman–Crippen MR) is 56.3 cm³/mol. The van der Waals surface area contributed by atoms with Gasteiger partial charge in [0.25, 0.3) is 0 Å². The van der Waals surface area contributed by atoms with Gasteiger partial charge in [0.05, 0.1) is 0 Å². The standard InChI is InChI=1S/C12H23O/c1-9(2)12-5-4-10(3)8-11(12)6-7-13/h9-10,12-13H,4-8H2,1-3H3. The molecule has 1 radical (unpaired) electrons. The van der Waals surface area contributed by atoms with E-state index in [1.165, 1.54) is 19.3 Å². The summed E-state index contributed by atoms with van der Waals surface area (Å²) in [5, 5.41) is 8.98. The number of aliphatic hydroxyl groups excluding tert-OH is 1. The summed E-state index contributed by atoms with van der Waals surface area (Å²) in [5.74, 6) is 4.00. The van der Waals surface area contributed by atoms with Gasteiger partial charge in [-0.2, -0.15) is 0 Å². The SMILES string of the molecule is CC1CCC(C(C)C)[C](CCO)C1. The van der Waals surface area contributed by atoms with Gasteiger partial charge in [0.15, 0.2) is 0 Å². The topological polar surface area (TPSA) is 20.2 Å². The van der Waals surface area contributed by atoms with E-state index < -0.39 is 0 Å². The molecule has 1 fully saturated rings. The van der Waals surface area contributed by atoms with E-state index in [2.05, 4.69) is 20.8 Å². The average Bonchev–Trinajstić information content (AvgIpc) is 2.04. The van der Waals surface area contributed by atoms with Crippen molar-refractivity contribution >= 4 is 0 Å². The number of aliphatic hydroxyl groups is 1. The molecule has 1 rings (SSSR count). The molecule has 0 heterocycles. The Bertz CT molecular complexity index is 142. The Hall–Kier alpha value is -0.0400. The molecule has 0 aromatic carbocycles. The van der Waals surface area contributed by atoms with E-state index in [9.17, 15) is 0 Å². The van der Waals surface area contributed by atoms with Crippen LogP contribution in [-0.2, 0) is 0 Å². The number of hydrogen-bond donors (Lipinski definition) is 1. The molecular formula is C12H23O. The van der Waals surface area contributed by atoms with Crippen LogP contribution in [-0.4, -0.2) is 11.7 Å². The normalized spacial score (nSPS) is 31.2. The van der Waals surface area contributed by atoms with Crippen LogP contribution in [0.3, 0.4) is 0 Å². The zero-order valence-corrected chi connectivity index (χ0v) is 9.21. The Morgan fingerprint density at radius 1 is 1.38 bits per heavy atom. The van der Waals surface area contributed by atoms with Crippen LogP contribution < -0.4 is 0 Å². The minimum atomic E-state index is 0.339. The summed E-state index contributed by atoms with van der Waals surface area (Å²) in [6.45, 7) is 7.27. The zero-order chi connectivity index (χ0) is 9.84. The van der Waals surface area contributed by atoms with Crippen molar-refractivity contribution in [1.29, 1.82) is 0 Å². The van der Waals surface area contributed by atoms with Crippen molar-refractivity contribution in [1.82, 2.24) is 0 Å². The van der Waals surface area contributed by atoms with Gasteiger partial charge >= 0.3 is 0 Å². The molecule has 2 unspecified atom stereocenters. The van der Waals surface area contributed by atoms with Gasteiger partial charge in [-0.15, -0.1) is 0 Å². The minimum Gasteiger partial charge on any atom is -0.396 e. The third kappa shape index (κ3) is 2.98. The zero-order valence-electron chi connectivity index (χ0n) is 9.21. The largest absolute Gasteiger partial charge is 0.396 e. The van der Waals surface area contributed by atoms with Gasteiger partial charge in [-0.1, -0.05) is 27.2 Å². The summed E-state index contributed by atoms with van der Waals surface area (Å²) in [5.41, 5.74) is 0. The van der Waals surface area contributed by atoms with E-state index in [1.54, 1.807) is 5.92 Å². The fourth-order valence-electron chi connectivity index (χ4n) is 2.61. The third-order valence-electron chi connectivity index (χ3n) is 3.34. The van der Waals surface area contributed by atoms with Crippen molar-refractivity contribution in [2.24, 2.45) is 17.8 Å². The van der Waals surface area contributed by atoms with Gasteiger partial charge in [0.2, 0.25) is 0 Å². The Balaban J connectivity index is 2.50. The van der Waals surface area contributed by atoms with E-state index in [-0.39, 0.29) is 0 Å². The maximum atomic E-state index is 8.98. The molecule has 13 heavy (non-hydrogen) atoms. The second kappa shape index (κ2) is 4.99. The highest BCUT2D eigenvalue weighted by Crippen LogP contribution is 2.40. The first kappa shape index (κ1) is 11.0. The van der Waals surface area contributed by atoms with Crippen LogP contribution in [0.5, 0.6) is 0 Å². The molecule has 1 heteroatoms. The van der Waals surface area contributed by atoms with Gasteiger partial charge in [-0.3, -0.25) is 0 Å². The van der Waals surface area contributed by atoms with Crippen LogP contribution in [0, 0.1) is 23.7 Å². The van der Waals surface area contributed by atoms with Crippen LogP contribution >= 0.6 is 0 Å². The van der Waals surface area contributed by atoms with Crippen LogP contribution in [0.15, 0.2) is 0 Å². The Morgan fingerprint density at radius 3 is 2.62 bits per heavy atom. The Kier molecular flexibility index (Phi) is 4.24. The highest BCUT2D eigenvalue weighted by molar-refractivity contribution is 5.01. The van der Waals surface area contributed by atoms with Crippen molar-refractivity contribution in [2.45, 2.75) is 46.5 Å². The van der Waals surface area contributed by atoms with Crippen LogP contribution in [0.4, 0.5) is 0 Å². The first-order valence-electron chi connectivity index (χ1n) is 5.60. The third-order valence-corrected chi connectivity index (χ3v) is 3.34. The second-order valence-corrected chi connectivity index (χ2v) is 4.87.